The first kappa shape index (κ1) is 18.2. The molecule has 0 aliphatic heterocycles. The highest BCUT2D eigenvalue weighted by molar-refractivity contribution is 5.20. The summed E-state index contributed by atoms with van der Waals surface area (Å²) < 4.78 is 11.4. The van der Waals surface area contributed by atoms with Crippen LogP contribution >= 0.6 is 0 Å². The summed E-state index contributed by atoms with van der Waals surface area (Å²) in [6, 6.07) is 2.12. The van der Waals surface area contributed by atoms with Gasteiger partial charge < -0.3 is 14.5 Å². The van der Waals surface area contributed by atoms with Gasteiger partial charge >= 0.3 is 0 Å². The number of ether oxygens (including phenoxy) is 1. The van der Waals surface area contributed by atoms with Gasteiger partial charge in [-0.3, -0.25) is 0 Å². The summed E-state index contributed by atoms with van der Waals surface area (Å²) in [5.74, 6) is 2.63. The van der Waals surface area contributed by atoms with E-state index in [-0.39, 0.29) is 0 Å². The topological polar surface area (TPSA) is 34.4 Å². The minimum absolute atomic E-state index is 0.596. The van der Waals surface area contributed by atoms with E-state index in [9.17, 15) is 0 Å². The zero-order valence-electron chi connectivity index (χ0n) is 14.3. The molecule has 0 fully saturated rings. The van der Waals surface area contributed by atoms with E-state index >= 15 is 0 Å². The molecule has 0 aliphatic carbocycles. The maximum absolute atomic E-state index is 5.75. The van der Waals surface area contributed by atoms with E-state index in [2.05, 4.69) is 32.2 Å². The van der Waals surface area contributed by atoms with Crippen molar-refractivity contribution in [2.75, 3.05) is 13.2 Å². The maximum atomic E-state index is 5.75. The van der Waals surface area contributed by atoms with Crippen LogP contribution in [0.1, 0.15) is 70.0 Å². The quantitative estimate of drug-likeness (QED) is 0.561. The van der Waals surface area contributed by atoms with Crippen molar-refractivity contribution in [3.05, 3.63) is 23.2 Å². The fourth-order valence-electron chi connectivity index (χ4n) is 2.31. The fraction of sp³-hybridized carbons (Fsp3) is 0.778. The fourth-order valence-corrected chi connectivity index (χ4v) is 2.31. The third-order valence-corrected chi connectivity index (χ3v) is 3.58. The van der Waals surface area contributed by atoms with Crippen LogP contribution in [0.4, 0.5) is 0 Å². The molecule has 1 heterocycles. The molecule has 1 N–H and O–H groups in total. The van der Waals surface area contributed by atoms with E-state index in [0.717, 1.165) is 37.6 Å². The van der Waals surface area contributed by atoms with Crippen molar-refractivity contribution in [3.63, 3.8) is 0 Å². The van der Waals surface area contributed by atoms with Crippen LogP contribution in [0, 0.1) is 12.8 Å². The average molecular weight is 295 g/mol. The van der Waals surface area contributed by atoms with Gasteiger partial charge in [0.25, 0.3) is 0 Å². The van der Waals surface area contributed by atoms with Gasteiger partial charge in [0.05, 0.1) is 0 Å². The lowest BCUT2D eigenvalue weighted by Crippen LogP contribution is -2.18. The third kappa shape index (κ3) is 8.27. The molecule has 0 unspecified atom stereocenters. The number of nitrogens with one attached hydrogen (secondary N) is 1. The number of hydrogen-bond acceptors (Lipinski definition) is 3. The van der Waals surface area contributed by atoms with Gasteiger partial charge in [-0.25, -0.2) is 0 Å². The predicted molar refractivity (Wildman–Crippen MR) is 88.4 cm³/mol. The summed E-state index contributed by atoms with van der Waals surface area (Å²) in [5, 5.41) is 3.45. The molecular formula is C18H33NO2. The molecule has 122 valence electrons. The molecule has 0 saturated carbocycles. The summed E-state index contributed by atoms with van der Waals surface area (Å²) in [7, 11) is 0. The minimum Gasteiger partial charge on any atom is -0.464 e. The third-order valence-electron chi connectivity index (χ3n) is 3.58. The predicted octanol–water partition coefficient (Wildman–Crippen LogP) is 4.82. The van der Waals surface area contributed by atoms with Crippen molar-refractivity contribution in [2.24, 2.45) is 5.92 Å². The first-order valence-corrected chi connectivity index (χ1v) is 8.50. The van der Waals surface area contributed by atoms with Gasteiger partial charge in [0, 0.05) is 18.7 Å². The Morgan fingerprint density at radius 2 is 1.95 bits per heavy atom. The molecule has 0 radical (unpaired) electrons. The molecule has 0 aliphatic rings. The van der Waals surface area contributed by atoms with E-state index in [0.29, 0.717) is 12.5 Å². The van der Waals surface area contributed by atoms with Crippen LogP contribution < -0.4 is 5.32 Å². The zero-order chi connectivity index (χ0) is 15.5. The molecule has 0 amide bonds. The van der Waals surface area contributed by atoms with Crippen LogP contribution in [0.2, 0.25) is 0 Å². The summed E-state index contributed by atoms with van der Waals surface area (Å²) in [4.78, 5) is 0. The molecule has 0 aromatic carbocycles. The van der Waals surface area contributed by atoms with Crippen LogP contribution in [0.15, 0.2) is 10.5 Å². The number of aryl methyl sites for hydroxylation is 1. The molecule has 3 heteroatoms. The number of furan rings is 1. The van der Waals surface area contributed by atoms with Crippen LogP contribution in [0.5, 0.6) is 0 Å². The first-order chi connectivity index (χ1) is 10.1. The monoisotopic (exact) mass is 295 g/mol. The number of rotatable bonds is 12. The SMILES string of the molecule is CCCCCCCOCc1cc(CNCC(C)C)c(C)o1. The van der Waals surface area contributed by atoms with Crippen LogP contribution in [-0.4, -0.2) is 13.2 Å². The Kier molecular flexibility index (Phi) is 9.44. The Hall–Kier alpha value is -0.800. The van der Waals surface area contributed by atoms with E-state index in [1.54, 1.807) is 0 Å². The lowest BCUT2D eigenvalue weighted by atomic mass is 10.2. The van der Waals surface area contributed by atoms with Crippen molar-refractivity contribution in [1.82, 2.24) is 5.32 Å². The van der Waals surface area contributed by atoms with Gasteiger partial charge in [-0.05, 0) is 31.9 Å². The summed E-state index contributed by atoms with van der Waals surface area (Å²) in [6.45, 7) is 12.1. The maximum Gasteiger partial charge on any atom is 0.130 e. The highest BCUT2D eigenvalue weighted by Gasteiger charge is 2.07. The van der Waals surface area contributed by atoms with Crippen LogP contribution in [0.25, 0.3) is 0 Å². The Labute approximate surface area is 130 Å². The number of unbranched alkanes of at least 4 members (excludes halogenated alkanes) is 4. The Morgan fingerprint density at radius 1 is 1.19 bits per heavy atom. The largest absolute Gasteiger partial charge is 0.464 e. The molecule has 0 spiro atoms. The molecule has 1 rings (SSSR count). The summed E-state index contributed by atoms with van der Waals surface area (Å²) in [6.07, 6.45) is 6.38. The van der Waals surface area contributed by atoms with E-state index in [4.69, 9.17) is 9.15 Å². The molecule has 21 heavy (non-hydrogen) atoms. The molecule has 1 aromatic rings. The smallest absolute Gasteiger partial charge is 0.130 e. The van der Waals surface area contributed by atoms with Crippen molar-refractivity contribution in [3.8, 4) is 0 Å². The van der Waals surface area contributed by atoms with E-state index in [1.165, 1.54) is 31.2 Å². The van der Waals surface area contributed by atoms with E-state index in [1.807, 2.05) is 6.92 Å². The Bertz CT molecular complexity index is 371. The van der Waals surface area contributed by atoms with Gasteiger partial charge in [-0.2, -0.15) is 0 Å². The van der Waals surface area contributed by atoms with Crippen molar-refractivity contribution >= 4 is 0 Å². The van der Waals surface area contributed by atoms with Gasteiger partial charge in [0.1, 0.15) is 18.1 Å². The highest BCUT2D eigenvalue weighted by atomic mass is 16.5. The van der Waals surface area contributed by atoms with Gasteiger partial charge in [0.15, 0.2) is 0 Å². The normalized spacial score (nSPS) is 11.5. The van der Waals surface area contributed by atoms with E-state index < -0.39 is 0 Å². The summed E-state index contributed by atoms with van der Waals surface area (Å²) >= 11 is 0. The van der Waals surface area contributed by atoms with Crippen LogP contribution in [-0.2, 0) is 17.9 Å². The van der Waals surface area contributed by atoms with Gasteiger partial charge in [0.2, 0.25) is 0 Å². The van der Waals surface area contributed by atoms with Gasteiger partial charge in [-0.1, -0.05) is 46.5 Å². The van der Waals surface area contributed by atoms with Crippen molar-refractivity contribution < 1.29 is 9.15 Å². The molecule has 0 bridgehead atoms. The minimum atomic E-state index is 0.596. The average Bonchev–Trinajstić information content (AvgIpc) is 2.78. The molecular weight excluding hydrogens is 262 g/mol. The number of hydrogen-bond donors (Lipinski definition) is 1. The first-order valence-electron chi connectivity index (χ1n) is 8.50. The molecule has 3 nitrogen and oxygen atoms in total. The van der Waals surface area contributed by atoms with Crippen LogP contribution in [0.3, 0.4) is 0 Å². The molecule has 0 atom stereocenters. The zero-order valence-corrected chi connectivity index (χ0v) is 14.3. The Balaban J connectivity index is 2.18. The van der Waals surface area contributed by atoms with Gasteiger partial charge in [-0.15, -0.1) is 0 Å². The summed E-state index contributed by atoms with van der Waals surface area (Å²) in [5.41, 5.74) is 1.25. The lowest BCUT2D eigenvalue weighted by molar-refractivity contribution is 0.102. The van der Waals surface area contributed by atoms with Crippen molar-refractivity contribution in [1.29, 1.82) is 0 Å². The standard InChI is InChI=1S/C18H33NO2/c1-5-6-7-8-9-10-20-14-18-11-17(16(4)21-18)13-19-12-15(2)3/h11,15,19H,5-10,12-14H2,1-4H3. The molecule has 0 saturated heterocycles. The Morgan fingerprint density at radius 3 is 2.67 bits per heavy atom. The molecule has 1 aromatic heterocycles. The second-order valence-electron chi connectivity index (χ2n) is 6.29. The second-order valence-corrected chi connectivity index (χ2v) is 6.29. The highest BCUT2D eigenvalue weighted by Crippen LogP contribution is 2.15. The van der Waals surface area contributed by atoms with Crippen molar-refractivity contribution in [2.45, 2.75) is 73.0 Å². The second kappa shape index (κ2) is 10.9. The lowest BCUT2D eigenvalue weighted by Gasteiger charge is -2.05.